The van der Waals surface area contributed by atoms with Gasteiger partial charge in [-0.05, 0) is 100 Å². The summed E-state index contributed by atoms with van der Waals surface area (Å²) in [6.45, 7) is 9.15. The molecule has 29 heavy (non-hydrogen) atoms. The van der Waals surface area contributed by atoms with Crippen molar-refractivity contribution in [2.45, 2.75) is 45.1 Å². The van der Waals surface area contributed by atoms with Crippen molar-refractivity contribution in [1.29, 1.82) is 0 Å². The summed E-state index contributed by atoms with van der Waals surface area (Å²) in [5, 5.41) is 0. The molecule has 5 heteroatoms. The quantitative estimate of drug-likeness (QED) is 0.255. The van der Waals surface area contributed by atoms with Gasteiger partial charge in [-0.3, -0.25) is 4.79 Å². The van der Waals surface area contributed by atoms with Crippen LogP contribution in [0.4, 0.5) is 0 Å². The Labute approximate surface area is 177 Å². The number of allylic oxidation sites excluding steroid dienone is 1. The van der Waals surface area contributed by atoms with E-state index in [0.717, 1.165) is 21.6 Å². The zero-order valence-corrected chi connectivity index (χ0v) is 18.7. The lowest BCUT2D eigenvalue weighted by Gasteiger charge is -2.20. The maximum atomic E-state index is 12.4. The first-order valence-electron chi connectivity index (χ1n) is 9.41. The number of aryl methyl sites for hydroxylation is 2. The third-order valence-corrected chi connectivity index (χ3v) is 4.78. The van der Waals surface area contributed by atoms with E-state index in [1.54, 1.807) is 23.9 Å². The van der Waals surface area contributed by atoms with Gasteiger partial charge in [0.05, 0.1) is 0 Å². The number of rotatable bonds is 7. The summed E-state index contributed by atoms with van der Waals surface area (Å²) in [5.74, 6) is 0.212. The Morgan fingerprint density at radius 1 is 1.03 bits per heavy atom. The second-order valence-corrected chi connectivity index (χ2v) is 8.66. The molecule has 0 bridgehead atoms. The van der Waals surface area contributed by atoms with Crippen molar-refractivity contribution in [3.63, 3.8) is 0 Å². The highest BCUT2D eigenvalue weighted by Crippen LogP contribution is 2.26. The van der Waals surface area contributed by atoms with Crippen LogP contribution in [-0.4, -0.2) is 30.2 Å². The van der Waals surface area contributed by atoms with Crippen LogP contribution >= 0.6 is 11.8 Å². The minimum atomic E-state index is -0.540. The molecule has 0 atom stereocenters. The molecule has 0 aliphatic rings. The smallest absolute Gasteiger partial charge is 0.344 e. The molecule has 0 unspecified atom stereocenters. The summed E-state index contributed by atoms with van der Waals surface area (Å²) in [6, 6.07) is 11.4. The van der Waals surface area contributed by atoms with E-state index in [4.69, 9.17) is 9.47 Å². The minimum absolute atomic E-state index is 0.0433. The number of benzene rings is 2. The van der Waals surface area contributed by atoms with Gasteiger partial charge in [-0.2, -0.15) is 0 Å². The van der Waals surface area contributed by atoms with Crippen LogP contribution in [0.25, 0.3) is 6.08 Å². The molecule has 0 saturated heterocycles. The van der Waals surface area contributed by atoms with Crippen LogP contribution in [0.1, 0.15) is 47.8 Å². The van der Waals surface area contributed by atoms with Gasteiger partial charge in [0.2, 0.25) is 0 Å². The fraction of sp³-hybridized carbons (Fsp3) is 0.333. The van der Waals surface area contributed by atoms with Crippen LogP contribution in [0.5, 0.6) is 5.75 Å². The highest BCUT2D eigenvalue weighted by atomic mass is 32.2. The van der Waals surface area contributed by atoms with Gasteiger partial charge in [0, 0.05) is 10.5 Å². The number of hydrogen-bond acceptors (Lipinski definition) is 5. The Morgan fingerprint density at radius 2 is 1.62 bits per heavy atom. The van der Waals surface area contributed by atoms with Crippen molar-refractivity contribution in [2.24, 2.45) is 0 Å². The van der Waals surface area contributed by atoms with Crippen molar-refractivity contribution in [3.05, 3.63) is 64.7 Å². The minimum Gasteiger partial charge on any atom is -0.481 e. The van der Waals surface area contributed by atoms with Gasteiger partial charge in [-0.25, -0.2) is 4.79 Å². The topological polar surface area (TPSA) is 52.6 Å². The molecular weight excluding hydrogens is 384 g/mol. The molecule has 0 aliphatic heterocycles. The van der Waals surface area contributed by atoms with Gasteiger partial charge in [-0.15, -0.1) is 11.8 Å². The van der Waals surface area contributed by atoms with Gasteiger partial charge < -0.3 is 9.47 Å². The number of hydrogen-bond donors (Lipinski definition) is 0. The van der Waals surface area contributed by atoms with Gasteiger partial charge in [0.1, 0.15) is 11.4 Å². The Hall–Kier alpha value is -2.53. The molecule has 0 heterocycles. The van der Waals surface area contributed by atoms with Crippen molar-refractivity contribution in [1.82, 2.24) is 0 Å². The van der Waals surface area contributed by atoms with E-state index in [1.165, 1.54) is 0 Å². The van der Waals surface area contributed by atoms with Crippen molar-refractivity contribution in [3.8, 4) is 5.75 Å². The first-order valence-corrected chi connectivity index (χ1v) is 10.6. The molecular formula is C24H28O4S. The van der Waals surface area contributed by atoms with Gasteiger partial charge >= 0.3 is 5.97 Å². The number of carbonyl (C=O) groups is 2. The zero-order valence-electron chi connectivity index (χ0n) is 17.9. The number of ether oxygens (including phenoxy) is 2. The monoisotopic (exact) mass is 412 g/mol. The van der Waals surface area contributed by atoms with Crippen LogP contribution in [0, 0.1) is 13.8 Å². The van der Waals surface area contributed by atoms with Gasteiger partial charge in [-0.1, -0.05) is 6.08 Å². The molecule has 0 N–H and O–H groups in total. The third-order valence-electron chi connectivity index (χ3n) is 4.04. The maximum Gasteiger partial charge on any atom is 0.344 e. The molecule has 2 rings (SSSR count). The van der Waals surface area contributed by atoms with Crippen LogP contribution in [0.15, 0.2) is 47.4 Å². The molecule has 2 aromatic rings. The Bertz CT molecular complexity index is 882. The zero-order chi connectivity index (χ0) is 21.6. The van der Waals surface area contributed by atoms with Crippen molar-refractivity contribution in [2.75, 3.05) is 12.9 Å². The van der Waals surface area contributed by atoms with Gasteiger partial charge in [0.15, 0.2) is 12.4 Å². The predicted molar refractivity (Wildman–Crippen MR) is 119 cm³/mol. The summed E-state index contributed by atoms with van der Waals surface area (Å²) in [7, 11) is 0. The van der Waals surface area contributed by atoms with E-state index in [9.17, 15) is 9.59 Å². The Kier molecular flexibility index (Phi) is 7.68. The summed E-state index contributed by atoms with van der Waals surface area (Å²) in [4.78, 5) is 25.4. The van der Waals surface area contributed by atoms with E-state index < -0.39 is 11.6 Å². The van der Waals surface area contributed by atoms with Crippen LogP contribution < -0.4 is 4.74 Å². The standard InChI is InChI=1S/C24H28O4S/c1-16-13-18(7-12-21(25)19-8-10-20(29-6)11-9-19)14-17(2)23(16)27-15-22(26)28-24(3,4)5/h7-14H,15H2,1-6H3. The average molecular weight is 413 g/mol. The lowest BCUT2D eigenvalue weighted by atomic mass is 10.0. The lowest BCUT2D eigenvalue weighted by molar-refractivity contribution is -0.157. The number of thioether (sulfide) groups is 1. The molecule has 0 spiro atoms. The van der Waals surface area contributed by atoms with Gasteiger partial charge in [0.25, 0.3) is 0 Å². The molecule has 0 aliphatic carbocycles. The summed E-state index contributed by atoms with van der Waals surface area (Å²) >= 11 is 1.64. The van der Waals surface area contributed by atoms with Crippen molar-refractivity contribution >= 4 is 29.6 Å². The lowest BCUT2D eigenvalue weighted by Crippen LogP contribution is -2.27. The highest BCUT2D eigenvalue weighted by molar-refractivity contribution is 7.98. The normalized spacial score (nSPS) is 11.5. The first kappa shape index (κ1) is 22.8. The van der Waals surface area contributed by atoms with E-state index in [0.29, 0.717) is 11.3 Å². The Balaban J connectivity index is 2.06. The summed E-state index contributed by atoms with van der Waals surface area (Å²) in [6.07, 6.45) is 5.37. The van der Waals surface area contributed by atoms with E-state index in [2.05, 4.69) is 0 Å². The van der Waals surface area contributed by atoms with Crippen LogP contribution in [-0.2, 0) is 9.53 Å². The van der Waals surface area contributed by atoms with E-state index >= 15 is 0 Å². The molecule has 0 fully saturated rings. The van der Waals surface area contributed by atoms with Crippen LogP contribution in [0.2, 0.25) is 0 Å². The molecule has 0 radical (unpaired) electrons. The number of carbonyl (C=O) groups excluding carboxylic acids is 2. The number of ketones is 1. The molecule has 4 nitrogen and oxygen atoms in total. The summed E-state index contributed by atoms with van der Waals surface area (Å²) in [5.41, 5.74) is 2.81. The molecule has 0 aromatic heterocycles. The SMILES string of the molecule is CSc1ccc(C(=O)C=Cc2cc(C)c(OCC(=O)OC(C)(C)C)c(C)c2)cc1. The fourth-order valence-electron chi connectivity index (χ4n) is 2.83. The van der Waals surface area contributed by atoms with E-state index in [1.807, 2.05) is 77.3 Å². The second-order valence-electron chi connectivity index (χ2n) is 7.79. The second kappa shape index (κ2) is 9.79. The first-order chi connectivity index (χ1) is 13.6. The number of esters is 1. The predicted octanol–water partition coefficient (Wildman–Crippen LogP) is 5.64. The maximum absolute atomic E-state index is 12.4. The third kappa shape index (κ3) is 7.09. The van der Waals surface area contributed by atoms with Crippen LogP contribution in [0.3, 0.4) is 0 Å². The molecule has 0 amide bonds. The largest absolute Gasteiger partial charge is 0.481 e. The molecule has 2 aromatic carbocycles. The molecule has 154 valence electrons. The summed E-state index contributed by atoms with van der Waals surface area (Å²) < 4.78 is 10.9. The highest BCUT2D eigenvalue weighted by Gasteiger charge is 2.17. The van der Waals surface area contributed by atoms with Crippen molar-refractivity contribution < 1.29 is 19.1 Å². The Morgan fingerprint density at radius 3 is 2.14 bits per heavy atom. The fourth-order valence-corrected chi connectivity index (χ4v) is 3.24. The molecule has 0 saturated carbocycles. The van der Waals surface area contributed by atoms with E-state index in [-0.39, 0.29) is 12.4 Å². The average Bonchev–Trinajstić information content (AvgIpc) is 2.64.